The van der Waals surface area contributed by atoms with Crippen LogP contribution in [0.15, 0.2) is 121 Å². The van der Waals surface area contributed by atoms with Crippen molar-refractivity contribution in [2.24, 2.45) is 0 Å². The van der Waals surface area contributed by atoms with Gasteiger partial charge in [0.25, 0.3) is 0 Å². The Morgan fingerprint density at radius 3 is 1.50 bits per heavy atom. The minimum atomic E-state index is -1.78. The molecule has 14 heteroatoms. The van der Waals surface area contributed by atoms with Crippen LogP contribution in [0.25, 0.3) is 0 Å². The predicted octanol–water partition coefficient (Wildman–Crippen LogP) is 5.21. The number of carbonyl (C=O) groups excluding carboxylic acids is 3. The quantitative estimate of drug-likeness (QED) is 0.0912. The molecule has 14 nitrogen and oxygen atoms in total. The molecule has 2 aliphatic heterocycles. The second kappa shape index (κ2) is 22.5. The van der Waals surface area contributed by atoms with Gasteiger partial charge in [-0.3, -0.25) is 14.4 Å². The van der Waals surface area contributed by atoms with Gasteiger partial charge in [0.2, 0.25) is 0 Å². The maximum Gasteiger partial charge on any atom is 0.303 e. The van der Waals surface area contributed by atoms with Crippen LogP contribution in [0.3, 0.4) is 0 Å². The molecule has 1 unspecified atom stereocenters. The first-order chi connectivity index (χ1) is 29.1. The maximum absolute atomic E-state index is 12.4. The zero-order valence-corrected chi connectivity index (χ0v) is 33.8. The van der Waals surface area contributed by atoms with Gasteiger partial charge in [-0.2, -0.15) is 0 Å². The molecule has 2 fully saturated rings. The fraction of sp³-hybridized carbons (Fsp3) is 0.413. The molecule has 0 aliphatic carbocycles. The zero-order valence-electron chi connectivity index (χ0n) is 33.8. The van der Waals surface area contributed by atoms with Crippen LogP contribution < -0.4 is 0 Å². The van der Waals surface area contributed by atoms with Crippen LogP contribution in [-0.2, 0) is 88.2 Å². The predicted molar refractivity (Wildman–Crippen MR) is 213 cm³/mol. The molecule has 0 radical (unpaired) electrons. The molecule has 4 aromatic carbocycles. The second-order valence-electron chi connectivity index (χ2n) is 14.4. The Hall–Kier alpha value is -5.03. The highest BCUT2D eigenvalue weighted by Gasteiger charge is 2.54. The number of benzene rings is 4. The molecule has 0 amide bonds. The van der Waals surface area contributed by atoms with Crippen LogP contribution in [0.4, 0.5) is 0 Å². The van der Waals surface area contributed by atoms with Crippen molar-refractivity contribution in [3.8, 4) is 0 Å². The van der Waals surface area contributed by atoms with Gasteiger partial charge in [-0.05, 0) is 22.3 Å². The summed E-state index contributed by atoms with van der Waals surface area (Å²) in [5, 5.41) is 11.0. The smallest absolute Gasteiger partial charge is 0.303 e. The van der Waals surface area contributed by atoms with E-state index in [2.05, 4.69) is 0 Å². The monoisotopic (exact) mass is 828 g/mol. The minimum absolute atomic E-state index is 0.115. The topological polar surface area (TPSA) is 164 Å². The summed E-state index contributed by atoms with van der Waals surface area (Å²) in [6.07, 6.45) is -11.6. The van der Waals surface area contributed by atoms with E-state index in [0.29, 0.717) is 6.61 Å². The van der Waals surface area contributed by atoms with E-state index in [-0.39, 0.29) is 33.0 Å². The largest absolute Gasteiger partial charge is 0.456 e. The molecule has 0 bridgehead atoms. The van der Waals surface area contributed by atoms with Crippen molar-refractivity contribution in [1.82, 2.24) is 0 Å². The highest BCUT2D eigenvalue weighted by molar-refractivity contribution is 5.68. The number of esters is 3. The first-order valence-electron chi connectivity index (χ1n) is 19.8. The lowest BCUT2D eigenvalue weighted by molar-refractivity contribution is -0.305. The highest BCUT2D eigenvalue weighted by atomic mass is 16.7. The van der Waals surface area contributed by atoms with Crippen molar-refractivity contribution in [3.63, 3.8) is 0 Å². The van der Waals surface area contributed by atoms with Crippen LogP contribution in [0, 0.1) is 0 Å². The summed E-state index contributed by atoms with van der Waals surface area (Å²) < 4.78 is 61.7. The van der Waals surface area contributed by atoms with E-state index in [0.717, 1.165) is 43.0 Å². The average molecular weight is 829 g/mol. The molecule has 6 rings (SSSR count). The molecule has 0 spiro atoms. The number of hydrogen-bond donors (Lipinski definition) is 1. The lowest BCUT2D eigenvalue weighted by atomic mass is 9.98. The second-order valence-corrected chi connectivity index (χ2v) is 14.4. The Bertz CT molecular complexity index is 1900. The lowest BCUT2D eigenvalue weighted by Crippen LogP contribution is -2.62. The number of aliphatic hydroxyl groups excluding tert-OH is 1. The van der Waals surface area contributed by atoms with Gasteiger partial charge in [-0.1, -0.05) is 121 Å². The van der Waals surface area contributed by atoms with Gasteiger partial charge < -0.3 is 52.5 Å². The number of carbonyl (C=O) groups is 3. The number of aliphatic hydroxyl groups is 1. The van der Waals surface area contributed by atoms with E-state index in [1.54, 1.807) is 0 Å². The summed E-state index contributed by atoms with van der Waals surface area (Å²) in [5.41, 5.74) is 3.72. The number of hydrogen-bond acceptors (Lipinski definition) is 14. The van der Waals surface area contributed by atoms with Gasteiger partial charge >= 0.3 is 17.9 Å². The van der Waals surface area contributed by atoms with Gasteiger partial charge in [0.05, 0.1) is 39.6 Å². The van der Waals surface area contributed by atoms with Crippen LogP contribution in [0.2, 0.25) is 0 Å². The third kappa shape index (κ3) is 13.0. The Morgan fingerprint density at radius 1 is 0.533 bits per heavy atom. The molecule has 2 heterocycles. The van der Waals surface area contributed by atoms with Crippen molar-refractivity contribution >= 4 is 17.9 Å². The van der Waals surface area contributed by atoms with Gasteiger partial charge in [0.15, 0.2) is 30.9 Å². The van der Waals surface area contributed by atoms with Crippen molar-refractivity contribution in [2.75, 3.05) is 13.2 Å². The maximum atomic E-state index is 12.4. The van der Waals surface area contributed by atoms with Gasteiger partial charge in [0, 0.05) is 20.8 Å². The Labute approximate surface area is 349 Å². The molecule has 2 aliphatic rings. The summed E-state index contributed by atoms with van der Waals surface area (Å²) >= 11 is 0. The van der Waals surface area contributed by atoms with Crippen LogP contribution in [-0.4, -0.2) is 97.6 Å². The molecule has 4 aromatic rings. The van der Waals surface area contributed by atoms with E-state index in [1.165, 1.54) is 0 Å². The summed E-state index contributed by atoms with van der Waals surface area (Å²) in [4.78, 5) is 36.7. The van der Waals surface area contributed by atoms with Crippen LogP contribution in [0.1, 0.15) is 43.0 Å². The van der Waals surface area contributed by atoms with Gasteiger partial charge in [-0.25, -0.2) is 0 Å². The first kappa shape index (κ1) is 44.5. The molecule has 0 aromatic heterocycles. The summed E-state index contributed by atoms with van der Waals surface area (Å²) in [7, 11) is 0. The van der Waals surface area contributed by atoms with E-state index in [9.17, 15) is 19.5 Å². The highest BCUT2D eigenvalue weighted by Crippen LogP contribution is 2.35. The van der Waals surface area contributed by atoms with E-state index in [1.807, 2.05) is 121 Å². The van der Waals surface area contributed by atoms with Crippen molar-refractivity contribution in [3.05, 3.63) is 144 Å². The zero-order chi connectivity index (χ0) is 42.3. The van der Waals surface area contributed by atoms with Crippen LogP contribution >= 0.6 is 0 Å². The summed E-state index contributed by atoms with van der Waals surface area (Å²) in [5.74, 6) is -2.29. The van der Waals surface area contributed by atoms with Crippen molar-refractivity contribution < 1.29 is 66.9 Å². The molecule has 2 saturated heterocycles. The molecule has 0 saturated carbocycles. The lowest BCUT2D eigenvalue weighted by Gasteiger charge is -2.43. The summed E-state index contributed by atoms with van der Waals surface area (Å²) in [6, 6.07) is 38.8. The Balaban J connectivity index is 1.31. The Kier molecular flexibility index (Phi) is 16.7. The first-order valence-corrected chi connectivity index (χ1v) is 19.8. The normalized spacial score (nSPS) is 25.6. The van der Waals surface area contributed by atoms with Gasteiger partial charge in [0.1, 0.15) is 30.5 Å². The average Bonchev–Trinajstić information content (AvgIpc) is 3.59. The third-order valence-corrected chi connectivity index (χ3v) is 9.78. The fourth-order valence-corrected chi connectivity index (χ4v) is 7.06. The van der Waals surface area contributed by atoms with E-state index < -0.39 is 79.3 Å². The van der Waals surface area contributed by atoms with Crippen molar-refractivity contribution in [2.45, 2.75) is 109 Å². The minimum Gasteiger partial charge on any atom is -0.456 e. The Morgan fingerprint density at radius 2 is 0.983 bits per heavy atom. The van der Waals surface area contributed by atoms with Gasteiger partial charge in [-0.15, -0.1) is 0 Å². The molecule has 320 valence electrons. The molecular weight excluding hydrogens is 776 g/mol. The standard InChI is InChI=1S/C46H52O14/c1-30(47)56-40-38(59-45(50)43(58-32(3)49)42(40)57-31(2)48)29-55-46-44(54-27-36-22-14-7-15-23-36)41(53-26-35-20-12-6-13-21-35)39(60-46)37(52-25-34-18-10-5-11-19-34)28-51-24-33-16-8-4-9-17-33/h4-23,37-46,50H,24-29H2,1-3H3/t37-,38-,39-,40-,41+,42+,43-,44-,45+,46?/m1/s1. The molecule has 1 N–H and O–H groups in total. The number of ether oxygens (including phenoxy) is 10. The SMILES string of the molecule is CC(=O)O[C@@H]1[C@@H](OC(C)=O)[C@@H](O)O[C@H](COC2O[C@H]([C@@H](COCc3ccccc3)OCc3ccccc3)[C@H](OCc3ccccc3)[C@H]2OCc2ccccc2)[C@H]1OC(C)=O. The van der Waals surface area contributed by atoms with E-state index in [4.69, 9.17) is 47.4 Å². The van der Waals surface area contributed by atoms with Crippen molar-refractivity contribution in [1.29, 1.82) is 0 Å². The summed E-state index contributed by atoms with van der Waals surface area (Å²) in [6.45, 7) is 4.10. The fourth-order valence-electron chi connectivity index (χ4n) is 7.06. The molecule has 10 atom stereocenters. The third-order valence-electron chi connectivity index (χ3n) is 9.78. The molecule has 60 heavy (non-hydrogen) atoms. The van der Waals surface area contributed by atoms with Crippen LogP contribution in [0.5, 0.6) is 0 Å². The van der Waals surface area contributed by atoms with E-state index >= 15 is 0 Å². The molecular formula is C46H52O14. The number of rotatable bonds is 20.